The van der Waals surface area contributed by atoms with Crippen LogP contribution in [0.15, 0.2) is 18.2 Å². The van der Waals surface area contributed by atoms with Crippen molar-refractivity contribution in [2.45, 2.75) is 52.5 Å². The Kier molecular flexibility index (Phi) is 4.61. The number of benzene rings is 1. The van der Waals surface area contributed by atoms with E-state index in [9.17, 15) is 0 Å². The molecule has 1 fully saturated rings. The largest absolute Gasteiger partial charge is 0.312 e. The topological polar surface area (TPSA) is 12.0 Å². The molecule has 0 amide bonds. The Balaban J connectivity index is 1.77. The second kappa shape index (κ2) is 6.20. The van der Waals surface area contributed by atoms with Gasteiger partial charge in [-0.2, -0.15) is 0 Å². The van der Waals surface area contributed by atoms with Gasteiger partial charge < -0.3 is 5.32 Å². The molecule has 94 valence electrons. The Hall–Kier alpha value is -0.820. The van der Waals surface area contributed by atoms with Gasteiger partial charge in [0.2, 0.25) is 0 Å². The van der Waals surface area contributed by atoms with E-state index < -0.39 is 0 Å². The molecule has 1 nitrogen and oxygen atoms in total. The van der Waals surface area contributed by atoms with Crippen LogP contribution in [-0.4, -0.2) is 6.54 Å². The normalized spacial score (nSPS) is 17.3. The molecule has 1 aromatic carbocycles. The SMILES string of the molecule is Cc1cc(C)cc(CNCC2CCCCC2)c1. The molecular weight excluding hydrogens is 206 g/mol. The summed E-state index contributed by atoms with van der Waals surface area (Å²) in [5, 5.41) is 3.63. The molecule has 1 aromatic rings. The predicted octanol–water partition coefficient (Wildman–Crippen LogP) is 3.97. The monoisotopic (exact) mass is 231 g/mol. The van der Waals surface area contributed by atoms with Crippen molar-refractivity contribution in [2.24, 2.45) is 5.92 Å². The van der Waals surface area contributed by atoms with Crippen molar-refractivity contribution in [3.8, 4) is 0 Å². The molecule has 0 heterocycles. The highest BCUT2D eigenvalue weighted by atomic mass is 14.9. The van der Waals surface area contributed by atoms with Crippen molar-refractivity contribution in [2.75, 3.05) is 6.54 Å². The van der Waals surface area contributed by atoms with E-state index in [1.54, 1.807) is 0 Å². The molecule has 0 atom stereocenters. The van der Waals surface area contributed by atoms with Gasteiger partial charge in [-0.3, -0.25) is 0 Å². The van der Waals surface area contributed by atoms with Crippen LogP contribution < -0.4 is 5.32 Å². The van der Waals surface area contributed by atoms with Crippen molar-refractivity contribution < 1.29 is 0 Å². The summed E-state index contributed by atoms with van der Waals surface area (Å²) in [5.74, 6) is 0.926. The highest BCUT2D eigenvalue weighted by molar-refractivity contribution is 5.28. The maximum Gasteiger partial charge on any atom is 0.0205 e. The molecule has 0 unspecified atom stereocenters. The summed E-state index contributed by atoms with van der Waals surface area (Å²) in [5.41, 5.74) is 4.18. The molecule has 0 saturated heterocycles. The maximum atomic E-state index is 3.63. The van der Waals surface area contributed by atoms with E-state index in [2.05, 4.69) is 37.4 Å². The molecule has 0 aromatic heterocycles. The zero-order valence-electron chi connectivity index (χ0n) is 11.3. The second-order valence-electron chi connectivity index (χ2n) is 5.63. The molecule has 0 spiro atoms. The molecule has 1 saturated carbocycles. The van der Waals surface area contributed by atoms with Crippen LogP contribution in [0.2, 0.25) is 0 Å². The van der Waals surface area contributed by atoms with Crippen LogP contribution in [0.4, 0.5) is 0 Å². The highest BCUT2D eigenvalue weighted by Gasteiger charge is 2.12. The molecule has 0 aliphatic heterocycles. The lowest BCUT2D eigenvalue weighted by atomic mass is 9.89. The third kappa shape index (κ3) is 4.16. The Morgan fingerprint density at radius 3 is 2.29 bits per heavy atom. The molecule has 1 aliphatic carbocycles. The summed E-state index contributed by atoms with van der Waals surface area (Å²) < 4.78 is 0. The number of hydrogen-bond acceptors (Lipinski definition) is 1. The average molecular weight is 231 g/mol. The first kappa shape index (κ1) is 12.6. The van der Waals surface area contributed by atoms with E-state index in [0.717, 1.165) is 12.5 Å². The lowest BCUT2D eigenvalue weighted by Crippen LogP contribution is -2.24. The van der Waals surface area contributed by atoms with Gasteiger partial charge in [-0.25, -0.2) is 0 Å². The summed E-state index contributed by atoms with van der Waals surface area (Å²) in [6, 6.07) is 6.83. The Labute approximate surface area is 106 Å². The molecule has 0 bridgehead atoms. The van der Waals surface area contributed by atoms with Crippen molar-refractivity contribution in [1.29, 1.82) is 0 Å². The lowest BCUT2D eigenvalue weighted by molar-refractivity contribution is 0.342. The zero-order chi connectivity index (χ0) is 12.1. The van der Waals surface area contributed by atoms with E-state index in [4.69, 9.17) is 0 Å². The van der Waals surface area contributed by atoms with Crippen LogP contribution in [0.25, 0.3) is 0 Å². The zero-order valence-corrected chi connectivity index (χ0v) is 11.3. The van der Waals surface area contributed by atoms with Gasteiger partial charge >= 0.3 is 0 Å². The number of aryl methyl sites for hydroxylation is 2. The molecule has 1 aliphatic rings. The van der Waals surface area contributed by atoms with Crippen LogP contribution in [-0.2, 0) is 6.54 Å². The van der Waals surface area contributed by atoms with Gasteiger partial charge in [-0.1, -0.05) is 48.6 Å². The van der Waals surface area contributed by atoms with E-state index in [1.165, 1.54) is 55.3 Å². The van der Waals surface area contributed by atoms with Crippen LogP contribution in [0.1, 0.15) is 48.8 Å². The summed E-state index contributed by atoms with van der Waals surface area (Å²) in [4.78, 5) is 0. The smallest absolute Gasteiger partial charge is 0.0205 e. The molecule has 1 N–H and O–H groups in total. The summed E-state index contributed by atoms with van der Waals surface area (Å²) in [6.07, 6.45) is 7.19. The standard InChI is InChI=1S/C16H25N/c1-13-8-14(2)10-16(9-13)12-17-11-15-6-4-3-5-7-15/h8-10,15,17H,3-7,11-12H2,1-2H3. The maximum absolute atomic E-state index is 3.63. The first-order valence-corrected chi connectivity index (χ1v) is 7.02. The van der Waals surface area contributed by atoms with Gasteiger partial charge in [0.25, 0.3) is 0 Å². The second-order valence-corrected chi connectivity index (χ2v) is 5.63. The van der Waals surface area contributed by atoms with Crippen molar-refractivity contribution in [3.05, 3.63) is 34.9 Å². The third-order valence-corrected chi connectivity index (χ3v) is 3.77. The van der Waals surface area contributed by atoms with Gasteiger partial charge in [0, 0.05) is 6.54 Å². The minimum absolute atomic E-state index is 0.926. The summed E-state index contributed by atoms with van der Waals surface area (Å²) >= 11 is 0. The fourth-order valence-electron chi connectivity index (χ4n) is 2.98. The van der Waals surface area contributed by atoms with Crippen molar-refractivity contribution in [1.82, 2.24) is 5.32 Å². The Morgan fingerprint density at radius 1 is 1.00 bits per heavy atom. The fourth-order valence-corrected chi connectivity index (χ4v) is 2.98. The van der Waals surface area contributed by atoms with Crippen LogP contribution in [0, 0.1) is 19.8 Å². The van der Waals surface area contributed by atoms with Gasteiger partial charge in [-0.15, -0.1) is 0 Å². The van der Waals surface area contributed by atoms with Gasteiger partial charge in [0.1, 0.15) is 0 Å². The molecule has 1 heteroatoms. The van der Waals surface area contributed by atoms with Gasteiger partial charge in [0.15, 0.2) is 0 Å². The number of nitrogens with one attached hydrogen (secondary N) is 1. The number of rotatable bonds is 4. The van der Waals surface area contributed by atoms with Crippen molar-refractivity contribution >= 4 is 0 Å². The highest BCUT2D eigenvalue weighted by Crippen LogP contribution is 2.22. The van der Waals surface area contributed by atoms with Crippen LogP contribution in [0.3, 0.4) is 0 Å². The lowest BCUT2D eigenvalue weighted by Gasteiger charge is -2.21. The number of hydrogen-bond donors (Lipinski definition) is 1. The first-order valence-electron chi connectivity index (χ1n) is 7.02. The van der Waals surface area contributed by atoms with Crippen LogP contribution >= 0.6 is 0 Å². The van der Waals surface area contributed by atoms with E-state index in [-0.39, 0.29) is 0 Å². The summed E-state index contributed by atoms with van der Waals surface area (Å²) in [6.45, 7) is 6.58. The quantitative estimate of drug-likeness (QED) is 0.826. The molecular formula is C16H25N. The fraction of sp³-hybridized carbons (Fsp3) is 0.625. The van der Waals surface area contributed by atoms with E-state index >= 15 is 0 Å². The third-order valence-electron chi connectivity index (χ3n) is 3.77. The van der Waals surface area contributed by atoms with Gasteiger partial charge in [0.05, 0.1) is 0 Å². The molecule has 17 heavy (non-hydrogen) atoms. The average Bonchev–Trinajstić information content (AvgIpc) is 2.29. The van der Waals surface area contributed by atoms with Gasteiger partial charge in [-0.05, 0) is 44.7 Å². The predicted molar refractivity (Wildman–Crippen MR) is 74.2 cm³/mol. The molecule has 0 radical (unpaired) electrons. The van der Waals surface area contributed by atoms with Crippen molar-refractivity contribution in [3.63, 3.8) is 0 Å². The van der Waals surface area contributed by atoms with E-state index in [1.807, 2.05) is 0 Å². The minimum Gasteiger partial charge on any atom is -0.312 e. The van der Waals surface area contributed by atoms with E-state index in [0.29, 0.717) is 0 Å². The summed E-state index contributed by atoms with van der Waals surface area (Å²) in [7, 11) is 0. The first-order chi connectivity index (χ1) is 8.24. The minimum atomic E-state index is 0.926. The van der Waals surface area contributed by atoms with Crippen LogP contribution in [0.5, 0.6) is 0 Å². The Morgan fingerprint density at radius 2 is 1.65 bits per heavy atom. The molecule has 2 rings (SSSR count). The Bertz CT molecular complexity index is 330.